The van der Waals surface area contributed by atoms with Gasteiger partial charge in [-0.3, -0.25) is 9.48 Å². The van der Waals surface area contributed by atoms with E-state index in [1.54, 1.807) is 7.11 Å². The van der Waals surface area contributed by atoms with Crippen LogP contribution in [0.25, 0.3) is 11.3 Å². The number of carbonyl (C=O) groups is 1. The number of hydrogen-bond donors (Lipinski definition) is 0. The van der Waals surface area contributed by atoms with Crippen LogP contribution in [0, 0.1) is 5.92 Å². The number of rotatable bonds is 3. The second-order valence-corrected chi connectivity index (χ2v) is 6.65. The van der Waals surface area contributed by atoms with E-state index >= 15 is 0 Å². The van der Waals surface area contributed by atoms with Crippen LogP contribution in [-0.2, 0) is 22.6 Å². The van der Waals surface area contributed by atoms with Crippen LogP contribution in [0.3, 0.4) is 0 Å². The second kappa shape index (κ2) is 6.88. The van der Waals surface area contributed by atoms with E-state index in [1.165, 1.54) is 0 Å². The Kier molecular flexibility index (Phi) is 4.44. The number of benzene rings is 1. The van der Waals surface area contributed by atoms with E-state index in [0.29, 0.717) is 19.8 Å². The smallest absolute Gasteiger partial charge is 0.228 e. The molecule has 1 aromatic heterocycles. The predicted molar refractivity (Wildman–Crippen MR) is 93.2 cm³/mol. The molecule has 1 aromatic carbocycles. The van der Waals surface area contributed by atoms with Crippen molar-refractivity contribution in [2.75, 3.05) is 26.9 Å². The monoisotopic (exact) mass is 341 g/mol. The lowest BCUT2D eigenvalue weighted by Gasteiger charge is -2.22. The molecule has 0 spiro atoms. The zero-order chi connectivity index (χ0) is 17.2. The molecule has 0 unspecified atom stereocenters. The quantitative estimate of drug-likeness (QED) is 0.860. The first-order valence-electron chi connectivity index (χ1n) is 8.82. The van der Waals surface area contributed by atoms with Gasteiger partial charge in [-0.1, -0.05) is 0 Å². The second-order valence-electron chi connectivity index (χ2n) is 6.65. The first-order valence-corrected chi connectivity index (χ1v) is 8.82. The molecule has 1 amide bonds. The van der Waals surface area contributed by atoms with E-state index in [1.807, 2.05) is 33.8 Å². The van der Waals surface area contributed by atoms with E-state index in [0.717, 1.165) is 48.6 Å². The number of aryl methyl sites for hydroxylation is 1. The van der Waals surface area contributed by atoms with Crippen molar-refractivity contribution in [2.45, 2.75) is 25.9 Å². The van der Waals surface area contributed by atoms with Crippen LogP contribution >= 0.6 is 0 Å². The lowest BCUT2D eigenvalue weighted by Crippen LogP contribution is -2.36. The van der Waals surface area contributed by atoms with Gasteiger partial charge in [-0.05, 0) is 43.2 Å². The number of fused-ring (bicyclic) bond motifs is 1. The van der Waals surface area contributed by atoms with Gasteiger partial charge in [-0.15, -0.1) is 0 Å². The summed E-state index contributed by atoms with van der Waals surface area (Å²) in [7, 11) is 1.66. The highest BCUT2D eigenvalue weighted by molar-refractivity contribution is 5.79. The number of aromatic nitrogens is 2. The molecule has 25 heavy (non-hydrogen) atoms. The average molecular weight is 341 g/mol. The summed E-state index contributed by atoms with van der Waals surface area (Å²) in [6.07, 6.45) is 1.77. The molecule has 132 valence electrons. The Balaban J connectivity index is 1.54. The molecule has 6 nitrogen and oxygen atoms in total. The number of methoxy groups -OCH3 is 1. The van der Waals surface area contributed by atoms with Gasteiger partial charge in [0.2, 0.25) is 5.91 Å². The predicted octanol–water partition coefficient (Wildman–Crippen LogP) is 2.33. The van der Waals surface area contributed by atoms with Gasteiger partial charge in [-0.2, -0.15) is 5.10 Å². The Labute approximate surface area is 147 Å². The zero-order valence-corrected chi connectivity index (χ0v) is 14.5. The normalized spacial score (nSPS) is 20.2. The van der Waals surface area contributed by atoms with E-state index in [4.69, 9.17) is 14.6 Å². The van der Waals surface area contributed by atoms with Crippen molar-refractivity contribution < 1.29 is 14.3 Å². The summed E-state index contributed by atoms with van der Waals surface area (Å²) in [4.78, 5) is 14.7. The lowest BCUT2D eigenvalue weighted by atomic mass is 10.1. The highest BCUT2D eigenvalue weighted by Crippen LogP contribution is 2.25. The maximum absolute atomic E-state index is 12.7. The molecule has 4 rings (SSSR count). The molecule has 1 atom stereocenters. The van der Waals surface area contributed by atoms with Gasteiger partial charge < -0.3 is 14.4 Å². The fraction of sp³-hybridized carbons (Fsp3) is 0.474. The average Bonchev–Trinajstić information content (AvgIpc) is 3.27. The number of ether oxygens (including phenoxy) is 2. The van der Waals surface area contributed by atoms with Crippen molar-refractivity contribution in [3.8, 4) is 17.0 Å². The van der Waals surface area contributed by atoms with Crippen LogP contribution in [0.2, 0.25) is 0 Å². The third kappa shape index (κ3) is 3.26. The third-order valence-electron chi connectivity index (χ3n) is 4.99. The molecule has 2 aliphatic heterocycles. The summed E-state index contributed by atoms with van der Waals surface area (Å²) in [5.74, 6) is 1.08. The Morgan fingerprint density at radius 2 is 2.12 bits per heavy atom. The third-order valence-corrected chi connectivity index (χ3v) is 4.99. The van der Waals surface area contributed by atoms with Gasteiger partial charge in [0.25, 0.3) is 0 Å². The van der Waals surface area contributed by atoms with Crippen molar-refractivity contribution >= 4 is 5.91 Å². The van der Waals surface area contributed by atoms with Gasteiger partial charge >= 0.3 is 0 Å². The van der Waals surface area contributed by atoms with Crippen molar-refractivity contribution in [2.24, 2.45) is 5.92 Å². The first kappa shape index (κ1) is 16.1. The van der Waals surface area contributed by atoms with Crippen LogP contribution in [0.4, 0.5) is 0 Å². The molecular weight excluding hydrogens is 318 g/mol. The maximum Gasteiger partial charge on any atom is 0.228 e. The van der Waals surface area contributed by atoms with E-state index < -0.39 is 0 Å². The number of hydrogen-bond acceptors (Lipinski definition) is 4. The molecule has 0 bridgehead atoms. The summed E-state index contributed by atoms with van der Waals surface area (Å²) in [5, 5.41) is 4.74. The number of nitrogens with zero attached hydrogens (tertiary/aromatic N) is 3. The molecule has 0 saturated carbocycles. The number of carbonyl (C=O) groups excluding carboxylic acids is 1. The molecule has 3 heterocycles. The SMILES string of the molecule is COc1ccc(-c2cc3n(n2)CCCN(C(=O)[C@H]2CCOC2)C3)cc1. The van der Waals surface area contributed by atoms with Crippen LogP contribution in [0.15, 0.2) is 30.3 Å². The molecule has 0 radical (unpaired) electrons. The van der Waals surface area contributed by atoms with Crippen molar-refractivity contribution in [3.63, 3.8) is 0 Å². The van der Waals surface area contributed by atoms with Crippen LogP contribution in [0.1, 0.15) is 18.5 Å². The first-order chi connectivity index (χ1) is 12.2. The molecule has 2 aliphatic rings. The van der Waals surface area contributed by atoms with Crippen LogP contribution in [-0.4, -0.2) is 47.5 Å². The summed E-state index contributed by atoms with van der Waals surface area (Å²) in [6.45, 7) is 3.51. The minimum Gasteiger partial charge on any atom is -0.497 e. The van der Waals surface area contributed by atoms with Crippen molar-refractivity contribution in [1.29, 1.82) is 0 Å². The van der Waals surface area contributed by atoms with E-state index in [-0.39, 0.29) is 11.8 Å². The lowest BCUT2D eigenvalue weighted by molar-refractivity contribution is -0.136. The maximum atomic E-state index is 12.7. The minimum atomic E-state index is 0.0236. The minimum absolute atomic E-state index is 0.0236. The fourth-order valence-corrected chi connectivity index (χ4v) is 3.54. The molecule has 6 heteroatoms. The Morgan fingerprint density at radius 3 is 2.84 bits per heavy atom. The van der Waals surface area contributed by atoms with Crippen LogP contribution < -0.4 is 4.74 Å². The standard InChI is InChI=1S/C19H23N3O3/c1-24-17-5-3-14(4-6-17)18-11-16-12-21(8-2-9-22(16)20-18)19(23)15-7-10-25-13-15/h3-6,11,15H,2,7-10,12-13H2,1H3/t15-/m0/s1. The summed E-state index contributed by atoms with van der Waals surface area (Å²) >= 11 is 0. The molecule has 0 N–H and O–H groups in total. The van der Waals surface area contributed by atoms with E-state index in [2.05, 4.69) is 6.07 Å². The summed E-state index contributed by atoms with van der Waals surface area (Å²) in [6, 6.07) is 10.0. The van der Waals surface area contributed by atoms with Gasteiger partial charge in [0.1, 0.15) is 5.75 Å². The Hall–Kier alpha value is -2.34. The summed E-state index contributed by atoms with van der Waals surface area (Å²) in [5.41, 5.74) is 3.09. The van der Waals surface area contributed by atoms with Gasteiger partial charge in [0, 0.05) is 25.3 Å². The number of amides is 1. The molecular formula is C19H23N3O3. The Bertz CT molecular complexity index is 748. The van der Waals surface area contributed by atoms with Crippen LogP contribution in [0.5, 0.6) is 5.75 Å². The highest BCUT2D eigenvalue weighted by atomic mass is 16.5. The van der Waals surface area contributed by atoms with Gasteiger partial charge in [0.15, 0.2) is 0 Å². The van der Waals surface area contributed by atoms with Crippen molar-refractivity contribution in [3.05, 3.63) is 36.0 Å². The van der Waals surface area contributed by atoms with Crippen molar-refractivity contribution in [1.82, 2.24) is 14.7 Å². The molecule has 1 saturated heterocycles. The largest absolute Gasteiger partial charge is 0.497 e. The Morgan fingerprint density at radius 1 is 1.28 bits per heavy atom. The molecule has 2 aromatic rings. The fourth-order valence-electron chi connectivity index (χ4n) is 3.54. The summed E-state index contributed by atoms with van der Waals surface area (Å²) < 4.78 is 12.6. The van der Waals surface area contributed by atoms with Gasteiger partial charge in [0.05, 0.1) is 37.6 Å². The molecule has 0 aliphatic carbocycles. The zero-order valence-electron chi connectivity index (χ0n) is 14.5. The van der Waals surface area contributed by atoms with E-state index in [9.17, 15) is 4.79 Å². The highest BCUT2D eigenvalue weighted by Gasteiger charge is 2.29. The molecule has 1 fully saturated rings. The topological polar surface area (TPSA) is 56.6 Å². The van der Waals surface area contributed by atoms with Gasteiger partial charge in [-0.25, -0.2) is 0 Å².